The molecule has 28 heavy (non-hydrogen) atoms. The number of carbonyl (C=O) groups excluding carboxylic acids is 1. The molecule has 4 rings (SSSR count). The van der Waals surface area contributed by atoms with Gasteiger partial charge in [0.15, 0.2) is 0 Å². The maximum absolute atomic E-state index is 12.6. The van der Waals surface area contributed by atoms with Crippen LogP contribution in [0.5, 0.6) is 0 Å². The van der Waals surface area contributed by atoms with Crippen LogP contribution in [0.4, 0.5) is 5.69 Å². The number of piperazine rings is 1. The van der Waals surface area contributed by atoms with Gasteiger partial charge in [-0.2, -0.15) is 4.80 Å². The molecule has 144 valence electrons. The fourth-order valence-corrected chi connectivity index (χ4v) is 3.66. The van der Waals surface area contributed by atoms with Gasteiger partial charge in [0, 0.05) is 31.7 Å². The third-order valence-corrected chi connectivity index (χ3v) is 5.32. The minimum absolute atomic E-state index is 0.0399. The third kappa shape index (κ3) is 3.95. The number of tetrazole rings is 1. The Morgan fingerprint density at radius 1 is 0.929 bits per heavy atom. The Balaban J connectivity index is 1.37. The molecule has 2 heterocycles. The smallest absolute Gasteiger partial charge is 0.246 e. The molecule has 0 unspecified atom stereocenters. The third-order valence-electron chi connectivity index (χ3n) is 4.67. The van der Waals surface area contributed by atoms with Crippen LogP contribution in [0.3, 0.4) is 0 Å². The second-order valence-corrected chi connectivity index (χ2v) is 7.26. The van der Waals surface area contributed by atoms with Crippen molar-refractivity contribution < 1.29 is 4.79 Å². The van der Waals surface area contributed by atoms with E-state index in [1.54, 1.807) is 6.07 Å². The molecule has 1 saturated heterocycles. The van der Waals surface area contributed by atoms with Gasteiger partial charge in [-0.1, -0.05) is 47.5 Å². The summed E-state index contributed by atoms with van der Waals surface area (Å²) < 4.78 is 0. The predicted molar refractivity (Wildman–Crippen MR) is 109 cm³/mol. The number of halogens is 2. The monoisotopic (exact) mass is 416 g/mol. The van der Waals surface area contributed by atoms with Crippen LogP contribution >= 0.6 is 23.2 Å². The van der Waals surface area contributed by atoms with Crippen molar-refractivity contribution in [2.24, 2.45) is 0 Å². The number of amides is 1. The van der Waals surface area contributed by atoms with E-state index in [0.29, 0.717) is 29.5 Å². The number of aromatic nitrogens is 4. The molecule has 0 atom stereocenters. The Morgan fingerprint density at radius 3 is 2.32 bits per heavy atom. The molecule has 1 aliphatic heterocycles. The summed E-state index contributed by atoms with van der Waals surface area (Å²) in [5.41, 5.74) is 1.69. The largest absolute Gasteiger partial charge is 0.367 e. The second kappa shape index (κ2) is 8.16. The Bertz CT molecular complexity index is 984. The Morgan fingerprint density at radius 2 is 1.61 bits per heavy atom. The van der Waals surface area contributed by atoms with Crippen molar-refractivity contribution in [1.82, 2.24) is 25.1 Å². The molecule has 1 aliphatic rings. The van der Waals surface area contributed by atoms with Crippen molar-refractivity contribution in [2.75, 3.05) is 31.1 Å². The highest BCUT2D eigenvalue weighted by atomic mass is 35.5. The van der Waals surface area contributed by atoms with E-state index in [0.717, 1.165) is 23.8 Å². The van der Waals surface area contributed by atoms with Crippen molar-refractivity contribution in [2.45, 2.75) is 6.54 Å². The van der Waals surface area contributed by atoms with Gasteiger partial charge < -0.3 is 9.80 Å². The molecule has 0 aliphatic carbocycles. The lowest BCUT2D eigenvalue weighted by atomic mass is 10.2. The summed E-state index contributed by atoms with van der Waals surface area (Å²) in [4.78, 5) is 17.9. The van der Waals surface area contributed by atoms with E-state index < -0.39 is 0 Å². The zero-order valence-electron chi connectivity index (χ0n) is 15.0. The van der Waals surface area contributed by atoms with E-state index in [4.69, 9.17) is 23.2 Å². The van der Waals surface area contributed by atoms with Crippen molar-refractivity contribution in [3.63, 3.8) is 0 Å². The number of anilines is 1. The number of benzene rings is 2. The van der Waals surface area contributed by atoms with Gasteiger partial charge in [0.2, 0.25) is 11.7 Å². The molecule has 1 amide bonds. The zero-order valence-corrected chi connectivity index (χ0v) is 16.5. The quantitative estimate of drug-likeness (QED) is 0.653. The van der Waals surface area contributed by atoms with E-state index in [9.17, 15) is 4.79 Å². The van der Waals surface area contributed by atoms with E-state index in [1.165, 1.54) is 4.80 Å². The molecule has 1 aromatic heterocycles. The van der Waals surface area contributed by atoms with Gasteiger partial charge >= 0.3 is 0 Å². The standard InChI is InChI=1S/C19H18Cl2N6O/c20-15-6-2-1-5-14(15)19-22-24-27(23-19)13-18(28)26-11-9-25(10-12-26)17-8-4-3-7-16(17)21/h1-8H,9-13H2. The number of hydrogen-bond donors (Lipinski definition) is 0. The summed E-state index contributed by atoms with van der Waals surface area (Å²) in [6.45, 7) is 2.74. The van der Waals surface area contributed by atoms with Crippen LogP contribution in [0.2, 0.25) is 10.0 Å². The average molecular weight is 417 g/mol. The fraction of sp³-hybridized carbons (Fsp3) is 0.263. The van der Waals surface area contributed by atoms with Gasteiger partial charge in [-0.15, -0.1) is 10.2 Å². The van der Waals surface area contributed by atoms with Crippen molar-refractivity contribution in [3.8, 4) is 11.4 Å². The molecule has 7 nitrogen and oxygen atoms in total. The van der Waals surface area contributed by atoms with Crippen LogP contribution < -0.4 is 4.90 Å². The summed E-state index contributed by atoms with van der Waals surface area (Å²) in [5.74, 6) is 0.365. The highest BCUT2D eigenvalue weighted by molar-refractivity contribution is 6.33. The SMILES string of the molecule is O=C(Cn1nnc(-c2ccccc2Cl)n1)N1CCN(c2ccccc2Cl)CC1. The number of nitrogens with zero attached hydrogens (tertiary/aromatic N) is 6. The first kappa shape index (κ1) is 18.7. The van der Waals surface area contributed by atoms with Gasteiger partial charge in [0.05, 0.1) is 15.7 Å². The highest BCUT2D eigenvalue weighted by Gasteiger charge is 2.23. The summed E-state index contributed by atoms with van der Waals surface area (Å²) in [6, 6.07) is 15.0. The van der Waals surface area contributed by atoms with E-state index in [-0.39, 0.29) is 12.5 Å². The van der Waals surface area contributed by atoms with Gasteiger partial charge in [-0.05, 0) is 29.5 Å². The maximum Gasteiger partial charge on any atom is 0.246 e. The minimum atomic E-state index is -0.0399. The summed E-state index contributed by atoms with van der Waals surface area (Å²) in [7, 11) is 0. The van der Waals surface area contributed by atoms with Crippen LogP contribution in [0.1, 0.15) is 0 Å². The molecule has 3 aromatic rings. The van der Waals surface area contributed by atoms with E-state index in [1.807, 2.05) is 47.4 Å². The first-order valence-corrected chi connectivity index (χ1v) is 9.67. The van der Waals surface area contributed by atoms with Gasteiger partial charge in [0.25, 0.3) is 0 Å². The van der Waals surface area contributed by atoms with Crippen LogP contribution in [-0.4, -0.2) is 57.2 Å². The van der Waals surface area contributed by atoms with E-state index in [2.05, 4.69) is 20.3 Å². The van der Waals surface area contributed by atoms with Crippen LogP contribution in [0, 0.1) is 0 Å². The molecule has 0 saturated carbocycles. The summed E-state index contributed by atoms with van der Waals surface area (Å²) in [5, 5.41) is 13.5. The van der Waals surface area contributed by atoms with Gasteiger partial charge in [-0.25, -0.2) is 0 Å². The number of hydrogen-bond acceptors (Lipinski definition) is 5. The average Bonchev–Trinajstić information content (AvgIpc) is 3.17. The Hall–Kier alpha value is -2.64. The van der Waals surface area contributed by atoms with Crippen molar-refractivity contribution >= 4 is 34.8 Å². The van der Waals surface area contributed by atoms with Gasteiger partial charge in [0.1, 0.15) is 6.54 Å². The number of rotatable bonds is 4. The Kier molecular flexibility index (Phi) is 5.45. The highest BCUT2D eigenvalue weighted by Crippen LogP contribution is 2.26. The van der Waals surface area contributed by atoms with Crippen molar-refractivity contribution in [1.29, 1.82) is 0 Å². The van der Waals surface area contributed by atoms with Crippen LogP contribution in [-0.2, 0) is 11.3 Å². The predicted octanol–water partition coefficient (Wildman–Crippen LogP) is 3.00. The topological polar surface area (TPSA) is 67.2 Å². The molecular formula is C19H18Cl2N6O. The fourth-order valence-electron chi connectivity index (χ4n) is 3.19. The normalized spacial score (nSPS) is 14.4. The minimum Gasteiger partial charge on any atom is -0.367 e. The van der Waals surface area contributed by atoms with Crippen molar-refractivity contribution in [3.05, 3.63) is 58.6 Å². The molecule has 9 heteroatoms. The maximum atomic E-state index is 12.6. The van der Waals surface area contributed by atoms with Crippen LogP contribution in [0.15, 0.2) is 48.5 Å². The Labute approximate surface area is 172 Å². The lowest BCUT2D eigenvalue weighted by molar-refractivity contribution is -0.132. The molecule has 1 fully saturated rings. The zero-order chi connectivity index (χ0) is 19.5. The van der Waals surface area contributed by atoms with E-state index >= 15 is 0 Å². The molecule has 2 aromatic carbocycles. The molecule has 0 radical (unpaired) electrons. The van der Waals surface area contributed by atoms with Gasteiger partial charge in [-0.3, -0.25) is 4.79 Å². The summed E-state index contributed by atoms with van der Waals surface area (Å²) >= 11 is 12.4. The first-order valence-electron chi connectivity index (χ1n) is 8.92. The second-order valence-electron chi connectivity index (χ2n) is 6.44. The summed E-state index contributed by atoms with van der Waals surface area (Å²) in [6.07, 6.45) is 0. The van der Waals surface area contributed by atoms with Crippen LogP contribution in [0.25, 0.3) is 11.4 Å². The lowest BCUT2D eigenvalue weighted by Gasteiger charge is -2.36. The number of para-hydroxylation sites is 1. The number of carbonyl (C=O) groups is 1. The first-order chi connectivity index (χ1) is 13.6. The molecular weight excluding hydrogens is 399 g/mol. The molecule has 0 N–H and O–H groups in total. The lowest BCUT2D eigenvalue weighted by Crippen LogP contribution is -2.49. The molecule has 0 spiro atoms. The molecule has 0 bridgehead atoms.